The zero-order valence-corrected chi connectivity index (χ0v) is 12.5. The van der Waals surface area contributed by atoms with Crippen LogP contribution in [0.15, 0.2) is 18.2 Å². The maximum atomic E-state index is 12.7. The van der Waals surface area contributed by atoms with Crippen molar-refractivity contribution >= 4 is 5.91 Å². The number of fused-ring (bicyclic) bond motifs is 2. The van der Waals surface area contributed by atoms with Crippen LogP contribution in [0, 0.1) is 0 Å². The van der Waals surface area contributed by atoms with Gasteiger partial charge >= 0.3 is 0 Å². The Morgan fingerprint density at radius 3 is 2.62 bits per heavy atom. The summed E-state index contributed by atoms with van der Waals surface area (Å²) in [4.78, 5) is 14.4. The topological polar surface area (TPSA) is 61.8 Å². The van der Waals surface area contributed by atoms with Crippen LogP contribution in [0.1, 0.15) is 36.0 Å². The molecule has 5 nitrogen and oxygen atoms in total. The van der Waals surface area contributed by atoms with E-state index in [0.717, 1.165) is 12.8 Å². The summed E-state index contributed by atoms with van der Waals surface area (Å²) < 4.78 is 5.07. The number of phenols is 1. The second kappa shape index (κ2) is 5.56. The van der Waals surface area contributed by atoms with Crippen molar-refractivity contribution in [3.8, 4) is 11.5 Å². The van der Waals surface area contributed by atoms with Gasteiger partial charge in [-0.3, -0.25) is 4.79 Å². The molecule has 2 aliphatic rings. The zero-order valence-electron chi connectivity index (χ0n) is 12.5. The first-order valence-corrected chi connectivity index (χ1v) is 7.49. The number of carbonyl (C=O) groups is 1. The van der Waals surface area contributed by atoms with Crippen molar-refractivity contribution in [2.45, 2.75) is 43.8 Å². The van der Waals surface area contributed by atoms with Crippen LogP contribution in [0.4, 0.5) is 0 Å². The van der Waals surface area contributed by atoms with Crippen LogP contribution in [-0.2, 0) is 0 Å². The molecule has 3 rings (SSSR count). The number of hydrogen-bond acceptors (Lipinski definition) is 4. The highest BCUT2D eigenvalue weighted by molar-refractivity contribution is 5.97. The highest BCUT2D eigenvalue weighted by Crippen LogP contribution is 2.33. The predicted octanol–water partition coefficient (Wildman–Crippen LogP) is 1.76. The van der Waals surface area contributed by atoms with Crippen LogP contribution in [-0.4, -0.2) is 48.2 Å². The number of benzene rings is 1. The van der Waals surface area contributed by atoms with Gasteiger partial charge in [-0.15, -0.1) is 0 Å². The maximum absolute atomic E-state index is 12.7. The molecule has 114 valence electrons. The predicted molar refractivity (Wildman–Crippen MR) is 79.7 cm³/mol. The fraction of sp³-hybridized carbons (Fsp3) is 0.562. The molecule has 21 heavy (non-hydrogen) atoms. The molecule has 0 aromatic heterocycles. The van der Waals surface area contributed by atoms with E-state index in [4.69, 9.17) is 4.74 Å². The molecule has 2 N–H and O–H groups in total. The van der Waals surface area contributed by atoms with Crippen molar-refractivity contribution in [3.63, 3.8) is 0 Å². The fourth-order valence-electron chi connectivity index (χ4n) is 3.56. The fourth-order valence-corrected chi connectivity index (χ4v) is 3.56. The number of para-hydroxylation sites is 1. The number of nitrogens with one attached hydrogen (secondary N) is 1. The Kier molecular flexibility index (Phi) is 3.76. The minimum absolute atomic E-state index is 0.0752. The average molecular weight is 290 g/mol. The molecule has 1 amide bonds. The van der Waals surface area contributed by atoms with Crippen LogP contribution >= 0.6 is 0 Å². The summed E-state index contributed by atoms with van der Waals surface area (Å²) >= 11 is 0. The van der Waals surface area contributed by atoms with E-state index >= 15 is 0 Å². The minimum Gasteiger partial charge on any atom is -0.504 e. The van der Waals surface area contributed by atoms with E-state index in [9.17, 15) is 9.90 Å². The Labute approximate surface area is 124 Å². The van der Waals surface area contributed by atoms with Gasteiger partial charge in [0.05, 0.1) is 12.7 Å². The molecule has 2 aliphatic heterocycles. The van der Waals surface area contributed by atoms with Crippen molar-refractivity contribution in [2.75, 3.05) is 14.2 Å². The molecule has 0 radical (unpaired) electrons. The van der Waals surface area contributed by atoms with Gasteiger partial charge in [0.15, 0.2) is 11.5 Å². The molecular weight excluding hydrogens is 268 g/mol. The quantitative estimate of drug-likeness (QED) is 0.890. The third-order valence-corrected chi connectivity index (χ3v) is 4.77. The average Bonchev–Trinajstić information content (AvgIpc) is 2.84. The van der Waals surface area contributed by atoms with Crippen molar-refractivity contribution in [1.82, 2.24) is 10.2 Å². The van der Waals surface area contributed by atoms with Gasteiger partial charge in [-0.1, -0.05) is 6.07 Å². The van der Waals surface area contributed by atoms with Crippen LogP contribution in [0.3, 0.4) is 0 Å². The molecule has 5 heteroatoms. The lowest BCUT2D eigenvalue weighted by Crippen LogP contribution is -2.48. The summed E-state index contributed by atoms with van der Waals surface area (Å²) in [5, 5.41) is 13.7. The number of hydrogen-bond donors (Lipinski definition) is 2. The van der Waals surface area contributed by atoms with Gasteiger partial charge in [0.1, 0.15) is 0 Å². The number of carbonyl (C=O) groups excluding carboxylic acids is 1. The molecule has 0 spiro atoms. The van der Waals surface area contributed by atoms with E-state index in [1.54, 1.807) is 23.1 Å². The third kappa shape index (κ3) is 2.58. The SMILES string of the molecule is COc1cccc(C(=O)N(C)C2CC3CCC(C2)N3)c1O. The van der Waals surface area contributed by atoms with Crippen molar-refractivity contribution in [2.24, 2.45) is 0 Å². The van der Waals surface area contributed by atoms with Crippen LogP contribution in [0.25, 0.3) is 0 Å². The number of piperidine rings is 1. The van der Waals surface area contributed by atoms with Crippen LogP contribution < -0.4 is 10.1 Å². The molecule has 2 saturated heterocycles. The van der Waals surface area contributed by atoms with Gasteiger partial charge in [0.2, 0.25) is 0 Å². The highest BCUT2D eigenvalue weighted by atomic mass is 16.5. The molecule has 2 heterocycles. The van der Waals surface area contributed by atoms with Crippen LogP contribution in [0.5, 0.6) is 11.5 Å². The van der Waals surface area contributed by atoms with E-state index < -0.39 is 0 Å². The van der Waals surface area contributed by atoms with Crippen molar-refractivity contribution in [1.29, 1.82) is 0 Å². The third-order valence-electron chi connectivity index (χ3n) is 4.77. The Morgan fingerprint density at radius 2 is 2.00 bits per heavy atom. The van der Waals surface area contributed by atoms with E-state index in [-0.39, 0.29) is 17.7 Å². The summed E-state index contributed by atoms with van der Waals surface area (Å²) in [6, 6.07) is 6.32. The number of amides is 1. The standard InChI is InChI=1S/C16H22N2O3/c1-18(12-8-10-6-7-11(9-12)17-10)16(20)13-4-3-5-14(21-2)15(13)19/h3-5,10-12,17,19H,6-9H2,1-2H3. The number of ether oxygens (including phenoxy) is 1. The lowest BCUT2D eigenvalue weighted by molar-refractivity contribution is 0.0678. The number of rotatable bonds is 3. The molecule has 0 saturated carbocycles. The Morgan fingerprint density at radius 1 is 1.33 bits per heavy atom. The summed E-state index contributed by atoms with van der Waals surface area (Å²) in [6.45, 7) is 0. The molecule has 1 aromatic rings. The van der Waals surface area contributed by atoms with E-state index in [0.29, 0.717) is 23.4 Å². The molecule has 2 unspecified atom stereocenters. The Bertz CT molecular complexity index is 534. The Balaban J connectivity index is 1.78. The van der Waals surface area contributed by atoms with E-state index in [1.807, 2.05) is 7.05 Å². The summed E-state index contributed by atoms with van der Waals surface area (Å²) in [5.74, 6) is 0.117. The van der Waals surface area contributed by atoms with Gasteiger partial charge in [-0.2, -0.15) is 0 Å². The van der Waals surface area contributed by atoms with Gasteiger partial charge in [-0.25, -0.2) is 0 Å². The first kappa shape index (κ1) is 14.2. The second-order valence-corrected chi connectivity index (χ2v) is 6.04. The first-order valence-electron chi connectivity index (χ1n) is 7.49. The van der Waals surface area contributed by atoms with Gasteiger partial charge in [0, 0.05) is 25.2 Å². The number of aromatic hydroxyl groups is 1. The van der Waals surface area contributed by atoms with Crippen LogP contribution in [0.2, 0.25) is 0 Å². The van der Waals surface area contributed by atoms with E-state index in [1.165, 1.54) is 20.0 Å². The first-order chi connectivity index (χ1) is 10.1. The Hall–Kier alpha value is -1.75. The maximum Gasteiger partial charge on any atom is 0.257 e. The minimum atomic E-state index is -0.141. The lowest BCUT2D eigenvalue weighted by Gasteiger charge is -2.35. The normalized spacial score (nSPS) is 27.4. The summed E-state index contributed by atoms with van der Waals surface area (Å²) in [5.41, 5.74) is 0.308. The molecule has 2 bridgehead atoms. The zero-order chi connectivity index (χ0) is 15.0. The molecule has 1 aromatic carbocycles. The monoisotopic (exact) mass is 290 g/mol. The highest BCUT2D eigenvalue weighted by Gasteiger charge is 2.37. The smallest absolute Gasteiger partial charge is 0.257 e. The van der Waals surface area contributed by atoms with Crippen molar-refractivity contribution in [3.05, 3.63) is 23.8 Å². The van der Waals surface area contributed by atoms with E-state index in [2.05, 4.69) is 5.32 Å². The molecule has 2 fully saturated rings. The number of methoxy groups -OCH3 is 1. The summed E-state index contributed by atoms with van der Waals surface area (Å²) in [6.07, 6.45) is 4.38. The van der Waals surface area contributed by atoms with Gasteiger partial charge in [0.25, 0.3) is 5.91 Å². The van der Waals surface area contributed by atoms with Gasteiger partial charge < -0.3 is 20.1 Å². The molecule has 2 atom stereocenters. The molecule has 0 aliphatic carbocycles. The lowest BCUT2D eigenvalue weighted by atomic mass is 9.98. The number of nitrogens with zero attached hydrogens (tertiary/aromatic N) is 1. The van der Waals surface area contributed by atoms with Crippen molar-refractivity contribution < 1.29 is 14.6 Å². The molecular formula is C16H22N2O3. The second-order valence-electron chi connectivity index (χ2n) is 6.04. The summed E-state index contributed by atoms with van der Waals surface area (Å²) in [7, 11) is 3.31. The number of phenolic OH excluding ortho intramolecular Hbond substituents is 1. The largest absolute Gasteiger partial charge is 0.504 e. The van der Waals surface area contributed by atoms with Gasteiger partial charge in [-0.05, 0) is 37.8 Å².